The van der Waals surface area contributed by atoms with Crippen LogP contribution in [0.5, 0.6) is 0 Å². The summed E-state index contributed by atoms with van der Waals surface area (Å²) in [6.07, 6.45) is 4.53. The molecule has 1 rings (SSSR count). The minimum atomic E-state index is -1.33. The molecule has 1 saturated carbocycles. The van der Waals surface area contributed by atoms with E-state index < -0.39 is 11.4 Å². The Hall–Kier alpha value is -1.06. The third-order valence-corrected chi connectivity index (χ3v) is 3.89. The summed E-state index contributed by atoms with van der Waals surface area (Å²) < 4.78 is 0. The zero-order chi connectivity index (χ0) is 12.4. The summed E-state index contributed by atoms with van der Waals surface area (Å²) in [6.45, 7) is 5.60. The van der Waals surface area contributed by atoms with Gasteiger partial charge in [-0.2, -0.15) is 0 Å². The average Bonchev–Trinajstić information content (AvgIpc) is 2.16. The van der Waals surface area contributed by atoms with Crippen LogP contribution in [0, 0.1) is 10.8 Å². The maximum Gasteiger partial charge on any atom is 0.318 e. The van der Waals surface area contributed by atoms with Crippen LogP contribution in [0.25, 0.3) is 0 Å². The van der Waals surface area contributed by atoms with Gasteiger partial charge in [0.25, 0.3) is 0 Å². The van der Waals surface area contributed by atoms with Crippen molar-refractivity contribution in [3.05, 3.63) is 0 Å². The van der Waals surface area contributed by atoms with E-state index in [1.807, 2.05) is 0 Å². The molecule has 0 aromatic heterocycles. The summed E-state index contributed by atoms with van der Waals surface area (Å²) in [7, 11) is 0. The highest BCUT2D eigenvalue weighted by atomic mass is 16.4. The molecule has 0 heterocycles. The Kier molecular flexibility index (Phi) is 3.61. The number of aliphatic carboxylic acids is 1. The van der Waals surface area contributed by atoms with E-state index in [9.17, 15) is 9.59 Å². The Labute approximate surface area is 96.4 Å². The van der Waals surface area contributed by atoms with Crippen molar-refractivity contribution in [1.29, 1.82) is 0 Å². The number of rotatable bonds is 5. The molecule has 0 radical (unpaired) electrons. The van der Waals surface area contributed by atoms with Gasteiger partial charge < -0.3 is 10.4 Å². The van der Waals surface area contributed by atoms with Gasteiger partial charge in [0.2, 0.25) is 5.91 Å². The molecule has 1 amide bonds. The fourth-order valence-corrected chi connectivity index (χ4v) is 1.92. The van der Waals surface area contributed by atoms with Gasteiger partial charge in [-0.1, -0.05) is 13.3 Å². The average molecular weight is 227 g/mol. The summed E-state index contributed by atoms with van der Waals surface area (Å²) in [5, 5.41) is 11.7. The Morgan fingerprint density at radius 3 is 2.25 bits per heavy atom. The summed E-state index contributed by atoms with van der Waals surface area (Å²) in [5.41, 5.74) is -1.11. The molecule has 0 aromatic carbocycles. The second-order valence-corrected chi connectivity index (χ2v) is 5.32. The molecule has 1 aliphatic carbocycles. The predicted molar refractivity (Wildman–Crippen MR) is 61.0 cm³/mol. The summed E-state index contributed by atoms with van der Waals surface area (Å²) in [5.74, 6) is -1.47. The van der Waals surface area contributed by atoms with E-state index in [1.54, 1.807) is 0 Å². The van der Waals surface area contributed by atoms with Crippen LogP contribution >= 0.6 is 0 Å². The number of amides is 1. The Balaban J connectivity index is 2.49. The summed E-state index contributed by atoms with van der Waals surface area (Å²) in [6, 6.07) is 0. The van der Waals surface area contributed by atoms with Crippen LogP contribution in [0.15, 0.2) is 0 Å². The van der Waals surface area contributed by atoms with Crippen molar-refractivity contribution in [3.63, 3.8) is 0 Å². The van der Waals surface area contributed by atoms with Crippen LogP contribution in [-0.4, -0.2) is 23.5 Å². The van der Waals surface area contributed by atoms with E-state index >= 15 is 0 Å². The molecular weight excluding hydrogens is 206 g/mol. The standard InChI is InChI=1S/C12H21NO3/c1-4-12(6-5-7-12)8-13-9(14)11(2,3)10(15)16/h4-8H2,1-3H3,(H,13,14)(H,15,16). The zero-order valence-electron chi connectivity index (χ0n) is 10.3. The number of carbonyl (C=O) groups excluding carboxylic acids is 1. The van der Waals surface area contributed by atoms with Gasteiger partial charge in [-0.15, -0.1) is 0 Å². The van der Waals surface area contributed by atoms with Crippen LogP contribution in [-0.2, 0) is 9.59 Å². The first-order valence-corrected chi connectivity index (χ1v) is 5.86. The second-order valence-electron chi connectivity index (χ2n) is 5.32. The Bertz CT molecular complexity index is 287. The number of carboxylic acids is 1. The van der Waals surface area contributed by atoms with Gasteiger partial charge in [0.05, 0.1) is 0 Å². The van der Waals surface area contributed by atoms with Gasteiger partial charge in [-0.3, -0.25) is 9.59 Å². The van der Waals surface area contributed by atoms with E-state index in [0.29, 0.717) is 6.54 Å². The quantitative estimate of drug-likeness (QED) is 0.704. The maximum atomic E-state index is 11.7. The third kappa shape index (κ3) is 2.36. The van der Waals surface area contributed by atoms with Crippen molar-refractivity contribution in [1.82, 2.24) is 5.32 Å². The summed E-state index contributed by atoms with van der Waals surface area (Å²) >= 11 is 0. The van der Waals surface area contributed by atoms with Gasteiger partial charge in [-0.25, -0.2) is 0 Å². The molecule has 2 N–H and O–H groups in total. The smallest absolute Gasteiger partial charge is 0.318 e. The van der Waals surface area contributed by atoms with Crippen molar-refractivity contribution in [2.75, 3.05) is 6.54 Å². The molecule has 0 aromatic rings. The normalized spacial score (nSPS) is 18.7. The molecule has 0 aliphatic heterocycles. The van der Waals surface area contributed by atoms with Gasteiger partial charge in [-0.05, 0) is 38.5 Å². The lowest BCUT2D eigenvalue weighted by atomic mass is 9.67. The SMILES string of the molecule is CCC1(CNC(=O)C(C)(C)C(=O)O)CCC1. The lowest BCUT2D eigenvalue weighted by molar-refractivity contribution is -0.153. The molecule has 0 saturated heterocycles. The van der Waals surface area contributed by atoms with Crippen LogP contribution in [0.4, 0.5) is 0 Å². The van der Waals surface area contributed by atoms with Crippen LogP contribution in [0.1, 0.15) is 46.5 Å². The number of hydrogen-bond acceptors (Lipinski definition) is 2. The van der Waals surface area contributed by atoms with Crippen molar-refractivity contribution < 1.29 is 14.7 Å². The highest BCUT2D eigenvalue weighted by Crippen LogP contribution is 2.43. The van der Waals surface area contributed by atoms with E-state index in [-0.39, 0.29) is 11.3 Å². The number of carbonyl (C=O) groups is 2. The first-order valence-electron chi connectivity index (χ1n) is 5.86. The summed E-state index contributed by atoms with van der Waals surface area (Å²) in [4.78, 5) is 22.6. The lowest BCUT2D eigenvalue weighted by Gasteiger charge is -2.41. The maximum absolute atomic E-state index is 11.7. The molecule has 4 heteroatoms. The molecule has 16 heavy (non-hydrogen) atoms. The second kappa shape index (κ2) is 4.44. The van der Waals surface area contributed by atoms with Gasteiger partial charge in [0, 0.05) is 6.54 Å². The van der Waals surface area contributed by atoms with E-state index in [2.05, 4.69) is 12.2 Å². The fourth-order valence-electron chi connectivity index (χ4n) is 1.92. The number of carboxylic acid groups (broad SMARTS) is 1. The van der Waals surface area contributed by atoms with Crippen molar-refractivity contribution in [2.45, 2.75) is 46.5 Å². The largest absolute Gasteiger partial charge is 0.480 e. The lowest BCUT2D eigenvalue weighted by Crippen LogP contribution is -2.48. The van der Waals surface area contributed by atoms with Crippen LogP contribution in [0.2, 0.25) is 0 Å². The molecule has 0 bridgehead atoms. The number of nitrogens with one attached hydrogen (secondary N) is 1. The first-order chi connectivity index (χ1) is 7.34. The van der Waals surface area contributed by atoms with Crippen molar-refractivity contribution >= 4 is 11.9 Å². The molecule has 0 atom stereocenters. The Morgan fingerprint density at radius 1 is 1.38 bits per heavy atom. The van der Waals surface area contributed by atoms with Gasteiger partial charge >= 0.3 is 5.97 Å². The van der Waals surface area contributed by atoms with Gasteiger partial charge in [0.15, 0.2) is 0 Å². The first kappa shape index (κ1) is 13.0. The molecule has 4 nitrogen and oxygen atoms in total. The van der Waals surface area contributed by atoms with Crippen molar-refractivity contribution in [2.24, 2.45) is 10.8 Å². The highest BCUT2D eigenvalue weighted by Gasteiger charge is 2.39. The zero-order valence-corrected chi connectivity index (χ0v) is 10.3. The highest BCUT2D eigenvalue weighted by molar-refractivity contribution is 6.00. The van der Waals surface area contributed by atoms with E-state index in [1.165, 1.54) is 20.3 Å². The fraction of sp³-hybridized carbons (Fsp3) is 0.833. The number of hydrogen-bond donors (Lipinski definition) is 2. The molecule has 0 unspecified atom stereocenters. The monoisotopic (exact) mass is 227 g/mol. The molecule has 92 valence electrons. The van der Waals surface area contributed by atoms with E-state index in [4.69, 9.17) is 5.11 Å². The predicted octanol–water partition coefficient (Wildman–Crippen LogP) is 1.79. The van der Waals surface area contributed by atoms with Crippen molar-refractivity contribution in [3.8, 4) is 0 Å². The molecular formula is C12H21NO3. The topological polar surface area (TPSA) is 66.4 Å². The minimum Gasteiger partial charge on any atom is -0.480 e. The molecule has 1 fully saturated rings. The minimum absolute atomic E-state index is 0.226. The van der Waals surface area contributed by atoms with E-state index in [0.717, 1.165) is 19.3 Å². The van der Waals surface area contributed by atoms with Crippen LogP contribution < -0.4 is 5.32 Å². The third-order valence-electron chi connectivity index (χ3n) is 3.89. The van der Waals surface area contributed by atoms with Gasteiger partial charge in [0.1, 0.15) is 5.41 Å². The molecule has 1 aliphatic rings. The molecule has 0 spiro atoms. The van der Waals surface area contributed by atoms with Crippen LogP contribution in [0.3, 0.4) is 0 Å². The Morgan fingerprint density at radius 2 is 1.94 bits per heavy atom.